The molecule has 0 spiro atoms. The molecule has 0 unspecified atom stereocenters. The topological polar surface area (TPSA) is 27.5 Å². The first-order valence-corrected chi connectivity index (χ1v) is 21.6. The van der Waals surface area contributed by atoms with E-state index in [4.69, 9.17) is 4.98 Å². The molecular weight excluding hydrogens is 743 g/mol. The fraction of sp³-hybridized carbons (Fsp3) is 0.232. The van der Waals surface area contributed by atoms with Crippen LogP contribution in [0.15, 0.2) is 176 Å². The van der Waals surface area contributed by atoms with Crippen LogP contribution in [0, 0.1) is 5.41 Å². The number of rotatable bonds is 7. The predicted octanol–water partition coefficient (Wildman–Crippen LogP) is 15.1. The molecule has 0 atom stereocenters. The Morgan fingerprint density at radius 3 is 1.85 bits per heavy atom. The maximum Gasteiger partial charge on any atom is 0.137 e. The van der Waals surface area contributed by atoms with Crippen LogP contribution in [0.25, 0.3) is 38.8 Å². The highest BCUT2D eigenvalue weighted by Crippen LogP contribution is 2.44. The van der Waals surface area contributed by atoms with Crippen LogP contribution in [0.5, 0.6) is 0 Å². The van der Waals surface area contributed by atoms with E-state index in [0.29, 0.717) is 6.67 Å². The summed E-state index contributed by atoms with van der Waals surface area (Å²) in [7, 11) is 0. The molecule has 0 amide bonds. The van der Waals surface area contributed by atoms with Crippen molar-refractivity contribution < 1.29 is 0 Å². The van der Waals surface area contributed by atoms with Gasteiger partial charge in [0.05, 0.1) is 17.7 Å². The van der Waals surface area contributed by atoms with E-state index in [1.54, 1.807) is 0 Å². The van der Waals surface area contributed by atoms with Gasteiger partial charge in [-0.2, -0.15) is 0 Å². The molecule has 1 aliphatic rings. The summed E-state index contributed by atoms with van der Waals surface area (Å²) in [5.74, 6) is 0.924. The highest BCUT2D eigenvalue weighted by molar-refractivity contribution is 6.10. The summed E-state index contributed by atoms with van der Waals surface area (Å²) in [4.78, 5) is 12.3. The summed E-state index contributed by atoms with van der Waals surface area (Å²) in [6, 6.07) is 57.6. The Balaban J connectivity index is 1.16. The smallest absolute Gasteiger partial charge is 0.137 e. The Labute approximate surface area is 362 Å². The number of hydrogen-bond donors (Lipinski definition) is 0. The molecule has 0 aliphatic carbocycles. The second kappa shape index (κ2) is 15.1. The van der Waals surface area contributed by atoms with Crippen LogP contribution < -0.4 is 14.7 Å². The average molecular weight is 800 g/mol. The second-order valence-corrected chi connectivity index (χ2v) is 19.6. The van der Waals surface area contributed by atoms with Gasteiger partial charge in [0.15, 0.2) is 0 Å². The molecule has 2 aromatic heterocycles. The lowest BCUT2D eigenvalue weighted by Gasteiger charge is -2.32. The number of para-hydroxylation sites is 2. The van der Waals surface area contributed by atoms with Crippen LogP contribution in [-0.4, -0.2) is 16.2 Å². The van der Waals surface area contributed by atoms with Gasteiger partial charge in [-0.1, -0.05) is 147 Å². The van der Waals surface area contributed by atoms with Crippen molar-refractivity contribution in [1.29, 1.82) is 0 Å². The Kier molecular flexibility index (Phi) is 9.90. The number of fused-ring (bicyclic) bond motifs is 3. The van der Waals surface area contributed by atoms with Gasteiger partial charge in [0.2, 0.25) is 0 Å². The van der Waals surface area contributed by atoms with Crippen LogP contribution in [0.1, 0.15) is 73.4 Å². The van der Waals surface area contributed by atoms with Gasteiger partial charge in [-0.3, -0.25) is 4.57 Å². The first kappa shape index (κ1) is 39.8. The van der Waals surface area contributed by atoms with Crippen LogP contribution >= 0.6 is 0 Å². The number of anilines is 5. The number of allylic oxidation sites excluding steroid dienone is 1. The minimum Gasteiger partial charge on any atom is -0.328 e. The molecule has 5 nitrogen and oxygen atoms in total. The third-order valence-electron chi connectivity index (χ3n) is 12.0. The fourth-order valence-corrected chi connectivity index (χ4v) is 8.65. The molecule has 0 bridgehead atoms. The van der Waals surface area contributed by atoms with Crippen LogP contribution in [0.2, 0.25) is 0 Å². The van der Waals surface area contributed by atoms with E-state index in [1.165, 1.54) is 44.4 Å². The van der Waals surface area contributed by atoms with Gasteiger partial charge in [0, 0.05) is 62.7 Å². The van der Waals surface area contributed by atoms with Gasteiger partial charge in [-0.05, 0) is 106 Å². The number of benzene rings is 6. The summed E-state index contributed by atoms with van der Waals surface area (Å²) in [6.07, 6.45) is 4.32. The van der Waals surface area contributed by atoms with Crippen molar-refractivity contribution in [3.05, 3.63) is 187 Å². The van der Waals surface area contributed by atoms with E-state index in [-0.39, 0.29) is 16.2 Å². The Morgan fingerprint density at radius 1 is 0.475 bits per heavy atom. The van der Waals surface area contributed by atoms with Gasteiger partial charge in [0.1, 0.15) is 5.82 Å². The quantitative estimate of drug-likeness (QED) is 0.160. The second-order valence-electron chi connectivity index (χ2n) is 19.6. The van der Waals surface area contributed by atoms with E-state index < -0.39 is 0 Å². The molecule has 6 aromatic carbocycles. The third kappa shape index (κ3) is 7.70. The molecule has 0 radical (unpaired) electrons. The molecular formula is C56H57N5. The first-order chi connectivity index (χ1) is 29.1. The fourth-order valence-electron chi connectivity index (χ4n) is 8.65. The van der Waals surface area contributed by atoms with Crippen molar-refractivity contribution in [3.63, 3.8) is 0 Å². The van der Waals surface area contributed by atoms with Crippen molar-refractivity contribution in [3.8, 4) is 16.9 Å². The highest BCUT2D eigenvalue weighted by Gasteiger charge is 2.32. The maximum absolute atomic E-state index is 4.97. The van der Waals surface area contributed by atoms with Gasteiger partial charge >= 0.3 is 0 Å². The highest BCUT2D eigenvalue weighted by atomic mass is 15.4. The first-order valence-electron chi connectivity index (χ1n) is 21.6. The number of pyridine rings is 1. The standard InChI is InChI=1S/C56H57N5/c1-54(2,3)41-29-30-57-53(34-41)61-50-26-17-16-25-48(50)49-28-27-46(36-51(49)61)60(43-21-14-11-15-22-43)45-24-18-23-44(35-45)59-38-58(37-52(59)56(7,8)9)47-32-40(39-19-12-10-13-20-39)31-42(33-47)55(4,5)6/h10-37H,38H2,1-9H3. The predicted molar refractivity (Wildman–Crippen MR) is 260 cm³/mol. The average Bonchev–Trinajstić information content (AvgIpc) is 3.85. The van der Waals surface area contributed by atoms with E-state index in [9.17, 15) is 0 Å². The molecule has 0 saturated heterocycles. The van der Waals surface area contributed by atoms with Crippen LogP contribution in [0.3, 0.4) is 0 Å². The van der Waals surface area contributed by atoms with Crippen molar-refractivity contribution in [2.75, 3.05) is 21.4 Å². The Bertz CT molecular complexity index is 2900. The molecule has 61 heavy (non-hydrogen) atoms. The SMILES string of the molecule is CC(C)(C)C1=CN(c2cc(-c3ccccc3)cc(C(C)(C)C)c2)CN1c1cccc(N(c2ccccc2)c2ccc3c4ccccc4n(-c4cc(C(C)(C)C)ccn4)c3c2)c1. The summed E-state index contributed by atoms with van der Waals surface area (Å²) in [6.45, 7) is 21.3. The van der Waals surface area contributed by atoms with Crippen molar-refractivity contribution in [2.45, 2.75) is 73.1 Å². The number of nitrogens with zero attached hydrogens (tertiary/aromatic N) is 5. The lowest BCUT2D eigenvalue weighted by Crippen LogP contribution is -2.30. The normalized spacial score (nSPS) is 13.6. The zero-order chi connectivity index (χ0) is 42.7. The Hall–Kier alpha value is -6.59. The zero-order valence-electron chi connectivity index (χ0n) is 37.1. The molecule has 1 aliphatic heterocycles. The molecule has 306 valence electrons. The third-order valence-corrected chi connectivity index (χ3v) is 12.0. The minimum absolute atomic E-state index is 0.00486. The van der Waals surface area contributed by atoms with Gasteiger partial charge < -0.3 is 14.7 Å². The summed E-state index contributed by atoms with van der Waals surface area (Å²) < 4.78 is 2.33. The zero-order valence-corrected chi connectivity index (χ0v) is 37.1. The minimum atomic E-state index is -0.107. The van der Waals surface area contributed by atoms with Gasteiger partial charge in [-0.15, -0.1) is 0 Å². The van der Waals surface area contributed by atoms with E-state index >= 15 is 0 Å². The monoisotopic (exact) mass is 799 g/mol. The summed E-state index contributed by atoms with van der Waals surface area (Å²) in [5.41, 5.74) is 14.1. The summed E-state index contributed by atoms with van der Waals surface area (Å²) >= 11 is 0. The largest absolute Gasteiger partial charge is 0.328 e. The number of aromatic nitrogens is 2. The molecule has 0 fully saturated rings. The van der Waals surface area contributed by atoms with E-state index in [1.807, 2.05) is 6.20 Å². The molecule has 8 aromatic rings. The number of hydrogen-bond acceptors (Lipinski definition) is 4. The summed E-state index contributed by atoms with van der Waals surface area (Å²) in [5, 5.41) is 2.41. The molecule has 0 N–H and O–H groups in total. The van der Waals surface area contributed by atoms with Crippen molar-refractivity contribution in [2.24, 2.45) is 5.41 Å². The van der Waals surface area contributed by atoms with E-state index in [2.05, 4.69) is 246 Å². The molecule has 0 saturated carbocycles. The van der Waals surface area contributed by atoms with E-state index in [0.717, 1.165) is 39.6 Å². The van der Waals surface area contributed by atoms with Crippen molar-refractivity contribution >= 4 is 50.2 Å². The Morgan fingerprint density at radius 2 is 1.13 bits per heavy atom. The lowest BCUT2D eigenvalue weighted by molar-refractivity contribution is 0.492. The van der Waals surface area contributed by atoms with Gasteiger partial charge in [0.25, 0.3) is 0 Å². The van der Waals surface area contributed by atoms with Gasteiger partial charge in [-0.25, -0.2) is 4.98 Å². The maximum atomic E-state index is 4.97. The van der Waals surface area contributed by atoms with Crippen LogP contribution in [0.4, 0.5) is 28.4 Å². The lowest BCUT2D eigenvalue weighted by atomic mass is 9.85. The van der Waals surface area contributed by atoms with Crippen LogP contribution in [-0.2, 0) is 10.8 Å². The molecule has 3 heterocycles. The molecule has 5 heteroatoms. The molecule has 9 rings (SSSR count). The van der Waals surface area contributed by atoms with Crippen molar-refractivity contribution in [1.82, 2.24) is 9.55 Å².